The maximum absolute atomic E-state index is 12.1. The summed E-state index contributed by atoms with van der Waals surface area (Å²) in [4.78, 5) is 37.6. The van der Waals surface area contributed by atoms with Crippen molar-refractivity contribution in [2.24, 2.45) is 5.41 Å². The Bertz CT molecular complexity index is 573. The number of hydrogen-bond donors (Lipinski definition) is 1. The zero-order chi connectivity index (χ0) is 13.3. The van der Waals surface area contributed by atoms with Gasteiger partial charge >= 0.3 is 5.69 Å². The van der Waals surface area contributed by atoms with Crippen molar-refractivity contribution in [3.05, 3.63) is 32.6 Å². The lowest BCUT2D eigenvalue weighted by Crippen LogP contribution is -2.44. The van der Waals surface area contributed by atoms with Crippen molar-refractivity contribution in [1.29, 1.82) is 0 Å². The second-order valence-electron chi connectivity index (χ2n) is 5.16. The molecule has 0 aliphatic heterocycles. The topological polar surface area (TPSA) is 71.9 Å². The molecule has 0 radical (unpaired) electrons. The lowest BCUT2D eigenvalue weighted by Gasteiger charge is -2.41. The number of aromatic amines is 1. The first-order valence-corrected chi connectivity index (χ1v) is 6.32. The lowest BCUT2D eigenvalue weighted by atomic mass is 9.67. The Hall–Kier alpha value is -1.65. The quantitative estimate of drug-likeness (QED) is 0.819. The first kappa shape index (κ1) is 12.8. The van der Waals surface area contributed by atoms with E-state index in [9.17, 15) is 14.4 Å². The third-order valence-electron chi connectivity index (χ3n) is 4.10. The molecular formula is C13H18N2O3. The van der Waals surface area contributed by atoms with E-state index in [-0.39, 0.29) is 16.8 Å². The van der Waals surface area contributed by atoms with E-state index in [2.05, 4.69) is 11.9 Å². The van der Waals surface area contributed by atoms with Crippen LogP contribution in [0.25, 0.3) is 0 Å². The average molecular weight is 250 g/mol. The molecule has 5 nitrogen and oxygen atoms in total. The third-order valence-corrected chi connectivity index (χ3v) is 4.10. The molecular weight excluding hydrogens is 232 g/mol. The van der Waals surface area contributed by atoms with Gasteiger partial charge in [0.05, 0.1) is 5.56 Å². The second kappa shape index (κ2) is 4.55. The van der Waals surface area contributed by atoms with Gasteiger partial charge in [-0.1, -0.05) is 13.3 Å². The van der Waals surface area contributed by atoms with Crippen molar-refractivity contribution in [3.63, 3.8) is 0 Å². The molecule has 1 aliphatic rings. The van der Waals surface area contributed by atoms with Crippen LogP contribution in [0.4, 0.5) is 0 Å². The summed E-state index contributed by atoms with van der Waals surface area (Å²) in [6.45, 7) is 3.82. The molecule has 0 unspecified atom stereocenters. The Morgan fingerprint density at radius 1 is 1.44 bits per heavy atom. The van der Waals surface area contributed by atoms with Gasteiger partial charge in [-0.05, 0) is 31.6 Å². The molecule has 1 aliphatic carbocycles. The molecule has 1 aromatic rings. The van der Waals surface area contributed by atoms with Gasteiger partial charge in [-0.2, -0.15) is 0 Å². The van der Waals surface area contributed by atoms with Crippen molar-refractivity contribution < 1.29 is 4.79 Å². The maximum Gasteiger partial charge on any atom is 0.328 e. The summed E-state index contributed by atoms with van der Waals surface area (Å²) in [5.74, 6) is -0.316. The van der Waals surface area contributed by atoms with Crippen molar-refractivity contribution in [2.75, 3.05) is 0 Å². The number of H-pyrrole nitrogens is 1. The van der Waals surface area contributed by atoms with E-state index in [1.54, 1.807) is 0 Å². The van der Waals surface area contributed by atoms with Gasteiger partial charge in [0, 0.05) is 12.7 Å². The van der Waals surface area contributed by atoms with E-state index >= 15 is 0 Å². The predicted octanol–water partition coefficient (Wildman–Crippen LogP) is 1.32. The third kappa shape index (κ3) is 2.05. The van der Waals surface area contributed by atoms with E-state index in [1.165, 1.54) is 17.7 Å². The molecule has 0 amide bonds. The number of hydrogen-bond acceptors (Lipinski definition) is 3. The Morgan fingerprint density at radius 2 is 2.11 bits per heavy atom. The van der Waals surface area contributed by atoms with E-state index in [4.69, 9.17) is 0 Å². The maximum atomic E-state index is 12.1. The molecule has 0 aromatic carbocycles. The molecule has 98 valence electrons. The van der Waals surface area contributed by atoms with Crippen LogP contribution in [0, 0.1) is 5.41 Å². The molecule has 1 saturated carbocycles. The number of aromatic nitrogens is 2. The smallest absolute Gasteiger partial charge is 0.313 e. The Morgan fingerprint density at radius 3 is 2.56 bits per heavy atom. The summed E-state index contributed by atoms with van der Waals surface area (Å²) in [6.07, 6.45) is 5.39. The number of Topliss-reactive ketones (excluding diaryl/α,β-unsaturated/α-hetero) is 1. The standard InChI is InChI=1S/C13H18N2O3/c1-3-13(5-4-6-13)8-15-11(17)10(9(2)16)7-14-12(15)18/h7H,3-6,8H2,1-2H3,(H,14,18). The molecule has 0 bridgehead atoms. The van der Waals surface area contributed by atoms with Gasteiger partial charge < -0.3 is 4.98 Å². The SMILES string of the molecule is CCC1(Cn2c(=O)[nH]cc(C(C)=O)c2=O)CCC1. The summed E-state index contributed by atoms with van der Waals surface area (Å²) >= 11 is 0. The fourth-order valence-corrected chi connectivity index (χ4v) is 2.54. The minimum atomic E-state index is -0.467. The normalized spacial score (nSPS) is 17.2. The predicted molar refractivity (Wildman–Crippen MR) is 67.9 cm³/mol. The summed E-state index contributed by atoms with van der Waals surface area (Å²) < 4.78 is 1.18. The molecule has 1 N–H and O–H groups in total. The number of nitrogens with one attached hydrogen (secondary N) is 1. The number of nitrogens with zero attached hydrogens (tertiary/aromatic N) is 1. The summed E-state index contributed by atoms with van der Waals surface area (Å²) in [5.41, 5.74) is -0.775. The van der Waals surface area contributed by atoms with E-state index in [0.29, 0.717) is 6.54 Å². The van der Waals surface area contributed by atoms with Crippen molar-refractivity contribution >= 4 is 5.78 Å². The van der Waals surface area contributed by atoms with Crippen molar-refractivity contribution in [2.45, 2.75) is 46.1 Å². The Balaban J connectivity index is 2.44. The first-order chi connectivity index (χ1) is 8.49. The number of ketones is 1. The minimum absolute atomic E-state index is 0.0557. The highest BCUT2D eigenvalue weighted by atomic mass is 16.2. The second-order valence-corrected chi connectivity index (χ2v) is 5.16. The Kier molecular flexibility index (Phi) is 3.24. The fraction of sp³-hybridized carbons (Fsp3) is 0.615. The monoisotopic (exact) mass is 250 g/mol. The van der Waals surface area contributed by atoms with Gasteiger partial charge in [0.1, 0.15) is 0 Å². The summed E-state index contributed by atoms with van der Waals surface area (Å²) in [5, 5.41) is 0. The molecule has 0 saturated heterocycles. The minimum Gasteiger partial charge on any atom is -0.313 e. The molecule has 18 heavy (non-hydrogen) atoms. The first-order valence-electron chi connectivity index (χ1n) is 6.32. The summed E-state index contributed by atoms with van der Waals surface area (Å²) in [6, 6.07) is 0. The van der Waals surface area contributed by atoms with Crippen LogP contribution in [0.5, 0.6) is 0 Å². The van der Waals surface area contributed by atoms with Crippen LogP contribution >= 0.6 is 0 Å². The molecule has 1 fully saturated rings. The fourth-order valence-electron chi connectivity index (χ4n) is 2.54. The molecule has 5 heteroatoms. The van der Waals surface area contributed by atoms with Gasteiger partial charge in [0.15, 0.2) is 5.78 Å². The summed E-state index contributed by atoms with van der Waals surface area (Å²) in [7, 11) is 0. The molecule has 1 aromatic heterocycles. The van der Waals surface area contributed by atoms with Crippen LogP contribution in [0.15, 0.2) is 15.8 Å². The van der Waals surface area contributed by atoms with Crippen LogP contribution in [-0.2, 0) is 6.54 Å². The lowest BCUT2D eigenvalue weighted by molar-refractivity contribution is 0.0950. The van der Waals surface area contributed by atoms with Crippen molar-refractivity contribution in [3.8, 4) is 0 Å². The number of carbonyl (C=O) groups is 1. The van der Waals surface area contributed by atoms with Gasteiger partial charge in [-0.25, -0.2) is 4.79 Å². The van der Waals surface area contributed by atoms with Crippen LogP contribution < -0.4 is 11.2 Å². The largest absolute Gasteiger partial charge is 0.328 e. The van der Waals surface area contributed by atoms with Gasteiger partial charge in [-0.15, -0.1) is 0 Å². The van der Waals surface area contributed by atoms with E-state index < -0.39 is 11.2 Å². The highest BCUT2D eigenvalue weighted by molar-refractivity contribution is 5.93. The molecule has 0 atom stereocenters. The zero-order valence-electron chi connectivity index (χ0n) is 10.8. The van der Waals surface area contributed by atoms with Crippen LogP contribution in [0.1, 0.15) is 49.9 Å². The van der Waals surface area contributed by atoms with Gasteiger partial charge in [-0.3, -0.25) is 14.2 Å². The van der Waals surface area contributed by atoms with Crippen LogP contribution in [0.3, 0.4) is 0 Å². The zero-order valence-corrected chi connectivity index (χ0v) is 10.8. The Labute approximate surface area is 105 Å². The van der Waals surface area contributed by atoms with Crippen molar-refractivity contribution in [1.82, 2.24) is 9.55 Å². The van der Waals surface area contributed by atoms with Gasteiger partial charge in [0.25, 0.3) is 5.56 Å². The van der Waals surface area contributed by atoms with E-state index in [1.807, 2.05) is 0 Å². The highest BCUT2D eigenvalue weighted by Crippen LogP contribution is 2.44. The van der Waals surface area contributed by atoms with Crippen LogP contribution in [-0.4, -0.2) is 15.3 Å². The number of rotatable bonds is 4. The highest BCUT2D eigenvalue weighted by Gasteiger charge is 2.36. The number of carbonyl (C=O) groups excluding carboxylic acids is 1. The van der Waals surface area contributed by atoms with E-state index in [0.717, 1.165) is 25.7 Å². The van der Waals surface area contributed by atoms with Crippen LogP contribution in [0.2, 0.25) is 0 Å². The average Bonchev–Trinajstić information content (AvgIpc) is 2.26. The van der Waals surface area contributed by atoms with Gasteiger partial charge in [0.2, 0.25) is 0 Å². The molecule has 0 spiro atoms. The molecule has 1 heterocycles. The molecule has 2 rings (SSSR count).